The van der Waals surface area contributed by atoms with Gasteiger partial charge in [-0.25, -0.2) is 4.79 Å². The zero-order chi connectivity index (χ0) is 18.3. The third-order valence-corrected chi connectivity index (χ3v) is 3.93. The number of nitrogens with one attached hydrogen (secondary N) is 2. The first-order valence-corrected chi connectivity index (χ1v) is 8.50. The summed E-state index contributed by atoms with van der Waals surface area (Å²) in [5.41, 5.74) is 2.56. The van der Waals surface area contributed by atoms with Crippen LogP contribution in [-0.2, 0) is 16.8 Å². The maximum atomic E-state index is 11.9. The Morgan fingerprint density at radius 1 is 1.17 bits per heavy atom. The van der Waals surface area contributed by atoms with Gasteiger partial charge >= 0.3 is 6.03 Å². The lowest BCUT2D eigenvalue weighted by Gasteiger charge is -2.20. The van der Waals surface area contributed by atoms with E-state index in [0.29, 0.717) is 6.54 Å². The number of benzene rings is 1. The number of imide groups is 1. The zero-order valence-corrected chi connectivity index (χ0v) is 15.8. The van der Waals surface area contributed by atoms with E-state index in [9.17, 15) is 9.59 Å². The number of carbonyl (C=O) groups is 2. The Balaban J connectivity index is 2.46. The van der Waals surface area contributed by atoms with Gasteiger partial charge in [0, 0.05) is 12.6 Å². The fourth-order valence-corrected chi connectivity index (χ4v) is 2.25. The fourth-order valence-electron chi connectivity index (χ4n) is 2.25. The number of carbonyl (C=O) groups excluding carboxylic acids is 2. The molecule has 0 aliphatic carbocycles. The molecule has 0 radical (unpaired) electrons. The largest absolute Gasteiger partial charge is 0.335 e. The van der Waals surface area contributed by atoms with Crippen molar-refractivity contribution in [3.05, 3.63) is 35.4 Å². The predicted octanol–water partition coefficient (Wildman–Crippen LogP) is 3.04. The normalized spacial score (nSPS) is 12.8. The summed E-state index contributed by atoms with van der Waals surface area (Å²) in [6, 6.07) is 8.05. The van der Waals surface area contributed by atoms with Crippen molar-refractivity contribution in [3.8, 4) is 0 Å². The standard InChI is InChI=1S/C19H31N3O2/c1-7-14(2)20-18(24)21-17(23)13-22(6)12-15-8-10-16(11-9-15)19(3,4)5/h8-11,14H,7,12-13H2,1-6H3,(H2,20,21,23,24)/t14-/m0/s1. The molecule has 0 aromatic heterocycles. The summed E-state index contributed by atoms with van der Waals surface area (Å²) in [5, 5.41) is 5.07. The van der Waals surface area contributed by atoms with Crippen molar-refractivity contribution < 1.29 is 9.59 Å². The van der Waals surface area contributed by atoms with E-state index in [4.69, 9.17) is 0 Å². The molecule has 0 unspecified atom stereocenters. The molecule has 5 nitrogen and oxygen atoms in total. The maximum absolute atomic E-state index is 11.9. The van der Waals surface area contributed by atoms with Crippen molar-refractivity contribution in [3.63, 3.8) is 0 Å². The second kappa shape index (κ2) is 8.83. The molecule has 0 heterocycles. The number of hydrogen-bond donors (Lipinski definition) is 2. The Bertz CT molecular complexity index is 547. The van der Waals surface area contributed by atoms with Crippen LogP contribution in [0.2, 0.25) is 0 Å². The van der Waals surface area contributed by atoms with Gasteiger partial charge in [0.25, 0.3) is 0 Å². The van der Waals surface area contributed by atoms with Gasteiger partial charge < -0.3 is 5.32 Å². The lowest BCUT2D eigenvalue weighted by atomic mass is 9.87. The second-order valence-electron chi connectivity index (χ2n) is 7.45. The number of rotatable bonds is 6. The Labute approximate surface area is 145 Å². The Kier molecular flexibility index (Phi) is 7.42. The minimum absolute atomic E-state index is 0.0526. The van der Waals surface area contributed by atoms with E-state index in [1.807, 2.05) is 25.8 Å². The second-order valence-corrected chi connectivity index (χ2v) is 7.45. The molecule has 3 amide bonds. The SMILES string of the molecule is CC[C@H](C)NC(=O)NC(=O)CN(C)Cc1ccc(C(C)(C)C)cc1. The van der Waals surface area contributed by atoms with Crippen molar-refractivity contribution in [1.82, 2.24) is 15.5 Å². The minimum atomic E-state index is -0.433. The number of urea groups is 1. The summed E-state index contributed by atoms with van der Waals surface area (Å²) in [5.74, 6) is -0.301. The van der Waals surface area contributed by atoms with Crippen LogP contribution >= 0.6 is 0 Å². The van der Waals surface area contributed by atoms with Crippen LogP contribution in [0.5, 0.6) is 0 Å². The molecule has 0 saturated heterocycles. The van der Waals surface area contributed by atoms with Gasteiger partial charge in [-0.15, -0.1) is 0 Å². The van der Waals surface area contributed by atoms with Crippen LogP contribution in [0.4, 0.5) is 4.79 Å². The van der Waals surface area contributed by atoms with Crippen LogP contribution in [0.1, 0.15) is 52.2 Å². The van der Waals surface area contributed by atoms with Crippen LogP contribution in [0.25, 0.3) is 0 Å². The number of hydrogen-bond acceptors (Lipinski definition) is 3. The summed E-state index contributed by atoms with van der Waals surface area (Å²) >= 11 is 0. The van der Waals surface area contributed by atoms with Gasteiger partial charge in [0.15, 0.2) is 0 Å². The Hall–Kier alpha value is -1.88. The average molecular weight is 333 g/mol. The molecule has 1 aromatic carbocycles. The van der Waals surface area contributed by atoms with E-state index in [1.54, 1.807) is 0 Å². The van der Waals surface area contributed by atoms with E-state index in [-0.39, 0.29) is 23.9 Å². The van der Waals surface area contributed by atoms with Gasteiger partial charge in [-0.1, -0.05) is 52.0 Å². The van der Waals surface area contributed by atoms with Crippen LogP contribution in [0, 0.1) is 0 Å². The molecule has 0 aliphatic heterocycles. The average Bonchev–Trinajstić information content (AvgIpc) is 2.45. The monoisotopic (exact) mass is 333 g/mol. The summed E-state index contributed by atoms with van der Waals surface area (Å²) in [7, 11) is 1.86. The molecule has 2 N–H and O–H groups in total. The topological polar surface area (TPSA) is 61.4 Å². The molecule has 24 heavy (non-hydrogen) atoms. The van der Waals surface area contributed by atoms with E-state index < -0.39 is 6.03 Å². The summed E-state index contributed by atoms with van der Waals surface area (Å²) < 4.78 is 0. The molecule has 0 aliphatic rings. The quantitative estimate of drug-likeness (QED) is 0.841. The van der Waals surface area contributed by atoms with Gasteiger partial charge in [0.2, 0.25) is 5.91 Å². The molecular formula is C19H31N3O2. The van der Waals surface area contributed by atoms with Crippen LogP contribution in [-0.4, -0.2) is 36.5 Å². The van der Waals surface area contributed by atoms with Crippen molar-refractivity contribution >= 4 is 11.9 Å². The van der Waals surface area contributed by atoms with Gasteiger partial charge in [0.1, 0.15) is 0 Å². The molecule has 0 bridgehead atoms. The van der Waals surface area contributed by atoms with E-state index in [0.717, 1.165) is 12.0 Å². The molecule has 1 aromatic rings. The maximum Gasteiger partial charge on any atom is 0.321 e. The molecular weight excluding hydrogens is 302 g/mol. The molecule has 0 spiro atoms. The van der Waals surface area contributed by atoms with Crippen molar-refractivity contribution in [2.75, 3.05) is 13.6 Å². The number of likely N-dealkylation sites (N-methyl/N-ethyl adjacent to an activating group) is 1. The minimum Gasteiger partial charge on any atom is -0.335 e. The molecule has 1 rings (SSSR count). The lowest BCUT2D eigenvalue weighted by molar-refractivity contribution is -0.120. The van der Waals surface area contributed by atoms with Gasteiger partial charge in [0.05, 0.1) is 6.54 Å². The van der Waals surface area contributed by atoms with Crippen LogP contribution in [0.15, 0.2) is 24.3 Å². The highest BCUT2D eigenvalue weighted by Crippen LogP contribution is 2.22. The number of nitrogens with zero attached hydrogens (tertiary/aromatic N) is 1. The number of amides is 3. The first-order valence-electron chi connectivity index (χ1n) is 8.50. The highest BCUT2D eigenvalue weighted by molar-refractivity contribution is 5.95. The van der Waals surface area contributed by atoms with Crippen molar-refractivity contribution in [2.45, 2.75) is 59.0 Å². The first kappa shape index (κ1) is 20.2. The van der Waals surface area contributed by atoms with Crippen LogP contribution < -0.4 is 10.6 Å². The predicted molar refractivity (Wildman–Crippen MR) is 97.9 cm³/mol. The van der Waals surface area contributed by atoms with Crippen molar-refractivity contribution in [2.24, 2.45) is 0 Å². The highest BCUT2D eigenvalue weighted by atomic mass is 16.2. The van der Waals surface area contributed by atoms with Crippen LogP contribution in [0.3, 0.4) is 0 Å². The molecule has 0 saturated carbocycles. The van der Waals surface area contributed by atoms with Gasteiger partial charge in [-0.05, 0) is 36.9 Å². The molecule has 5 heteroatoms. The summed E-state index contributed by atoms with van der Waals surface area (Å²) in [4.78, 5) is 25.4. The Morgan fingerprint density at radius 3 is 2.25 bits per heavy atom. The van der Waals surface area contributed by atoms with E-state index in [2.05, 4.69) is 55.7 Å². The zero-order valence-electron chi connectivity index (χ0n) is 15.8. The highest BCUT2D eigenvalue weighted by Gasteiger charge is 2.14. The third kappa shape index (κ3) is 7.13. The van der Waals surface area contributed by atoms with E-state index >= 15 is 0 Å². The fraction of sp³-hybridized carbons (Fsp3) is 0.579. The summed E-state index contributed by atoms with van der Waals surface area (Å²) in [6.07, 6.45) is 0.825. The molecule has 1 atom stereocenters. The third-order valence-electron chi connectivity index (χ3n) is 3.93. The lowest BCUT2D eigenvalue weighted by Crippen LogP contribution is -2.46. The van der Waals surface area contributed by atoms with Gasteiger partial charge in [-0.2, -0.15) is 0 Å². The molecule has 134 valence electrons. The Morgan fingerprint density at radius 2 is 1.75 bits per heavy atom. The molecule has 0 fully saturated rings. The van der Waals surface area contributed by atoms with Crippen molar-refractivity contribution in [1.29, 1.82) is 0 Å². The van der Waals surface area contributed by atoms with Gasteiger partial charge in [-0.3, -0.25) is 15.0 Å². The summed E-state index contributed by atoms with van der Waals surface area (Å²) in [6.45, 7) is 11.3. The first-order chi connectivity index (χ1) is 11.1. The smallest absolute Gasteiger partial charge is 0.321 e. The van der Waals surface area contributed by atoms with E-state index in [1.165, 1.54) is 5.56 Å².